The van der Waals surface area contributed by atoms with Crippen molar-refractivity contribution in [3.63, 3.8) is 0 Å². The first-order valence-corrected chi connectivity index (χ1v) is 8.16. The van der Waals surface area contributed by atoms with E-state index in [1.807, 2.05) is 13.8 Å². The summed E-state index contributed by atoms with van der Waals surface area (Å²) >= 11 is 0. The van der Waals surface area contributed by atoms with Crippen molar-refractivity contribution in [1.82, 2.24) is 0 Å². The van der Waals surface area contributed by atoms with Crippen molar-refractivity contribution in [3.05, 3.63) is 12.7 Å². The fourth-order valence-electron chi connectivity index (χ4n) is 2.45. The Hall–Kier alpha value is -1.40. The highest BCUT2D eigenvalue weighted by Crippen LogP contribution is 2.26. The summed E-state index contributed by atoms with van der Waals surface area (Å²) in [5.74, 6) is -0.982. The number of aliphatic hydroxyl groups excluding tert-OH is 1. The molecule has 4 atom stereocenters. The Bertz CT molecular complexity index is 370. The van der Waals surface area contributed by atoms with Gasteiger partial charge in [0.05, 0.1) is 19.6 Å². The molecule has 0 rings (SSSR count). The summed E-state index contributed by atoms with van der Waals surface area (Å²) in [6.07, 6.45) is 2.99. The minimum atomic E-state index is -0.476. The molecule has 6 nitrogen and oxygen atoms in total. The number of aliphatic hydroxyl groups is 1. The normalized spacial score (nSPS) is 16.0. The summed E-state index contributed by atoms with van der Waals surface area (Å²) in [5, 5.41) is 9.47. The molecule has 0 bridgehead atoms. The minimum absolute atomic E-state index is 0.00847. The van der Waals surface area contributed by atoms with E-state index in [1.54, 1.807) is 6.92 Å². The Morgan fingerprint density at radius 2 is 1.91 bits per heavy atom. The molecule has 0 aromatic heterocycles. The molecule has 0 heterocycles. The molecule has 0 radical (unpaired) electrons. The summed E-state index contributed by atoms with van der Waals surface area (Å²) < 4.78 is 10.5. The van der Waals surface area contributed by atoms with Gasteiger partial charge in [-0.15, -0.1) is 0 Å². The fourth-order valence-corrected chi connectivity index (χ4v) is 2.45. The average molecular weight is 329 g/mol. The van der Waals surface area contributed by atoms with Gasteiger partial charge in [0.15, 0.2) is 0 Å². The highest BCUT2D eigenvalue weighted by molar-refractivity contribution is 5.81. The van der Waals surface area contributed by atoms with E-state index in [1.165, 1.54) is 0 Å². The number of esters is 2. The van der Waals surface area contributed by atoms with Crippen molar-refractivity contribution in [3.8, 4) is 0 Å². The van der Waals surface area contributed by atoms with Gasteiger partial charge in [0, 0.05) is 24.6 Å². The van der Waals surface area contributed by atoms with Crippen LogP contribution < -0.4 is 5.73 Å². The third kappa shape index (κ3) is 9.36. The zero-order chi connectivity index (χ0) is 17.8. The topological polar surface area (TPSA) is 98.9 Å². The van der Waals surface area contributed by atoms with E-state index >= 15 is 0 Å². The van der Waals surface area contributed by atoms with Gasteiger partial charge in [-0.3, -0.25) is 4.79 Å². The van der Waals surface area contributed by atoms with Crippen molar-refractivity contribution in [2.75, 3.05) is 19.8 Å². The molecule has 0 amide bonds. The van der Waals surface area contributed by atoms with E-state index in [0.717, 1.165) is 18.9 Å². The number of rotatable bonds is 12. The maximum Gasteiger partial charge on any atom is 0.330 e. The first-order valence-electron chi connectivity index (χ1n) is 8.16. The van der Waals surface area contributed by atoms with Crippen LogP contribution in [-0.2, 0) is 19.1 Å². The van der Waals surface area contributed by atoms with Gasteiger partial charge in [0.25, 0.3) is 0 Å². The van der Waals surface area contributed by atoms with Gasteiger partial charge >= 0.3 is 11.9 Å². The molecule has 0 saturated heterocycles. The third-order valence-corrected chi connectivity index (χ3v) is 3.82. The molecular formula is C17H31NO5. The molecule has 0 aromatic carbocycles. The van der Waals surface area contributed by atoms with E-state index in [-0.39, 0.29) is 56.0 Å². The molecule has 3 N–H and O–H groups in total. The molecule has 0 spiro atoms. The lowest BCUT2D eigenvalue weighted by molar-refractivity contribution is -0.149. The van der Waals surface area contributed by atoms with Crippen LogP contribution in [0.4, 0.5) is 0 Å². The zero-order valence-electron chi connectivity index (χ0n) is 14.5. The zero-order valence-corrected chi connectivity index (χ0v) is 14.5. The standard InChI is InChI=1S/C17H31NO5/c1-5-7-14(10-22-16(20)6-2)15(12(3)9-19)11-23-17(21)8-13(4)18/h6,12-15,19H,2,5,7-11,18H2,1,3-4H3. The van der Waals surface area contributed by atoms with E-state index < -0.39 is 5.97 Å². The van der Waals surface area contributed by atoms with Gasteiger partial charge in [0.1, 0.15) is 0 Å². The van der Waals surface area contributed by atoms with Crippen LogP contribution in [0.1, 0.15) is 40.0 Å². The van der Waals surface area contributed by atoms with Gasteiger partial charge in [-0.2, -0.15) is 0 Å². The minimum Gasteiger partial charge on any atom is -0.465 e. The highest BCUT2D eigenvalue weighted by atomic mass is 16.5. The van der Waals surface area contributed by atoms with Crippen LogP contribution in [0.5, 0.6) is 0 Å². The van der Waals surface area contributed by atoms with Crippen LogP contribution in [0.15, 0.2) is 12.7 Å². The molecule has 0 saturated carbocycles. The van der Waals surface area contributed by atoms with Crippen molar-refractivity contribution in [2.24, 2.45) is 23.5 Å². The Balaban J connectivity index is 4.81. The molecule has 134 valence electrons. The summed E-state index contributed by atoms with van der Waals surface area (Å²) in [7, 11) is 0. The predicted octanol–water partition coefficient (Wildman–Crippen LogP) is 1.66. The quantitative estimate of drug-likeness (QED) is 0.417. The monoisotopic (exact) mass is 329 g/mol. The molecule has 6 heteroatoms. The van der Waals surface area contributed by atoms with Crippen molar-refractivity contribution in [1.29, 1.82) is 0 Å². The first-order chi connectivity index (χ1) is 10.8. The Kier molecular flexibility index (Phi) is 11.3. The Morgan fingerprint density at radius 1 is 1.26 bits per heavy atom. The van der Waals surface area contributed by atoms with Crippen molar-refractivity contribution in [2.45, 2.75) is 46.1 Å². The number of carbonyl (C=O) groups is 2. The van der Waals surface area contributed by atoms with E-state index in [9.17, 15) is 14.7 Å². The third-order valence-electron chi connectivity index (χ3n) is 3.82. The predicted molar refractivity (Wildman–Crippen MR) is 88.5 cm³/mol. The van der Waals surface area contributed by atoms with Gasteiger partial charge in [-0.1, -0.05) is 26.8 Å². The fraction of sp³-hybridized carbons (Fsp3) is 0.765. The lowest BCUT2D eigenvalue weighted by atomic mass is 9.81. The summed E-state index contributed by atoms with van der Waals surface area (Å²) in [6.45, 7) is 9.42. The second kappa shape index (κ2) is 12.1. The molecule has 0 aliphatic heterocycles. The van der Waals surface area contributed by atoms with Gasteiger partial charge in [0.2, 0.25) is 0 Å². The van der Waals surface area contributed by atoms with E-state index in [0.29, 0.717) is 0 Å². The molecular weight excluding hydrogens is 298 g/mol. The van der Waals surface area contributed by atoms with Crippen LogP contribution >= 0.6 is 0 Å². The number of hydrogen-bond acceptors (Lipinski definition) is 6. The summed E-state index contributed by atoms with van der Waals surface area (Å²) in [4.78, 5) is 23.0. The average Bonchev–Trinajstić information content (AvgIpc) is 2.50. The van der Waals surface area contributed by atoms with E-state index in [4.69, 9.17) is 15.2 Å². The number of carbonyl (C=O) groups excluding carboxylic acids is 2. The molecule has 0 aromatic rings. The SMILES string of the molecule is C=CC(=O)OCC(CCC)C(COC(=O)CC(C)N)C(C)CO. The molecule has 0 aliphatic carbocycles. The van der Waals surface area contributed by atoms with Crippen LogP contribution in [0.25, 0.3) is 0 Å². The van der Waals surface area contributed by atoms with Crippen LogP contribution in [0.3, 0.4) is 0 Å². The molecule has 4 unspecified atom stereocenters. The maximum absolute atomic E-state index is 11.7. The number of ether oxygens (including phenoxy) is 2. The molecule has 0 aliphatic rings. The Labute approximate surface area is 139 Å². The highest BCUT2D eigenvalue weighted by Gasteiger charge is 2.28. The summed E-state index contributed by atoms with van der Waals surface area (Å²) in [5.41, 5.74) is 5.58. The Morgan fingerprint density at radius 3 is 2.39 bits per heavy atom. The smallest absolute Gasteiger partial charge is 0.330 e. The lowest BCUT2D eigenvalue weighted by Gasteiger charge is -2.30. The van der Waals surface area contributed by atoms with E-state index in [2.05, 4.69) is 6.58 Å². The number of nitrogens with two attached hydrogens (primary N) is 1. The second-order valence-electron chi connectivity index (χ2n) is 6.07. The van der Waals surface area contributed by atoms with Crippen molar-refractivity contribution < 1.29 is 24.2 Å². The first kappa shape index (κ1) is 21.6. The second-order valence-corrected chi connectivity index (χ2v) is 6.07. The van der Waals surface area contributed by atoms with Gasteiger partial charge in [-0.25, -0.2) is 4.79 Å². The largest absolute Gasteiger partial charge is 0.465 e. The van der Waals surface area contributed by atoms with Gasteiger partial charge < -0.3 is 20.3 Å². The molecule has 23 heavy (non-hydrogen) atoms. The lowest BCUT2D eigenvalue weighted by Crippen LogP contribution is -2.33. The van der Waals surface area contributed by atoms with Crippen LogP contribution in [-0.4, -0.2) is 42.9 Å². The summed E-state index contributed by atoms with van der Waals surface area (Å²) in [6, 6.07) is -0.254. The van der Waals surface area contributed by atoms with Gasteiger partial charge in [-0.05, 0) is 25.2 Å². The number of hydrogen-bond donors (Lipinski definition) is 2. The van der Waals surface area contributed by atoms with Crippen LogP contribution in [0.2, 0.25) is 0 Å². The van der Waals surface area contributed by atoms with Crippen LogP contribution in [0, 0.1) is 17.8 Å². The maximum atomic E-state index is 11.7. The van der Waals surface area contributed by atoms with Crippen molar-refractivity contribution >= 4 is 11.9 Å². The molecule has 0 fully saturated rings.